The molecule has 3 atom stereocenters. The SMILES string of the molecule is CCCCCCCCCCCCCC/C=C\CCCCCCCCCCCCCCCC(O)C(=O)NC(CO)C(O)CCCCCCCCCCCCCCCC. The minimum absolute atomic E-state index is 0.310. The predicted octanol–water partition coefficient (Wildman–Crippen LogP) is 15.6. The zero-order valence-corrected chi connectivity index (χ0v) is 38.7. The summed E-state index contributed by atoms with van der Waals surface area (Å²) in [6.45, 7) is 4.25. The maximum atomic E-state index is 12.5. The molecule has 0 radical (unpaired) electrons. The molecule has 0 aliphatic rings. The molecule has 0 aromatic carbocycles. The summed E-state index contributed by atoms with van der Waals surface area (Å²) in [7, 11) is 0. The standard InChI is InChI=1S/C52H103NO4/c1-3-5-7-9-11-13-15-17-19-20-21-22-23-24-25-26-27-28-29-30-31-32-33-35-37-39-41-43-45-47-51(56)52(57)53-49(48-54)50(55)46-44-42-40-38-36-34-18-16-14-12-10-8-6-4-2/h24-25,49-51,54-56H,3-23,26-48H2,1-2H3,(H,53,57)/b25-24-. The maximum Gasteiger partial charge on any atom is 0.249 e. The van der Waals surface area contributed by atoms with E-state index in [1.54, 1.807) is 0 Å². The monoisotopic (exact) mass is 806 g/mol. The van der Waals surface area contributed by atoms with Gasteiger partial charge in [-0.1, -0.05) is 264 Å². The average molecular weight is 806 g/mol. The molecule has 0 rings (SSSR count). The Balaban J connectivity index is 3.50. The molecule has 0 aliphatic heterocycles. The normalized spacial score (nSPS) is 13.4. The third-order valence-corrected chi connectivity index (χ3v) is 12.4. The highest BCUT2D eigenvalue weighted by Gasteiger charge is 2.23. The molecule has 0 spiro atoms. The Morgan fingerprint density at radius 3 is 0.965 bits per heavy atom. The molecule has 0 saturated carbocycles. The molecule has 5 nitrogen and oxygen atoms in total. The van der Waals surface area contributed by atoms with Crippen molar-refractivity contribution in [3.05, 3.63) is 12.2 Å². The number of carbonyl (C=O) groups excluding carboxylic acids is 1. The van der Waals surface area contributed by atoms with Gasteiger partial charge in [-0.05, 0) is 38.5 Å². The van der Waals surface area contributed by atoms with Gasteiger partial charge in [0.15, 0.2) is 0 Å². The van der Waals surface area contributed by atoms with Crippen molar-refractivity contribution in [1.29, 1.82) is 0 Å². The summed E-state index contributed by atoms with van der Waals surface area (Å²) in [4.78, 5) is 12.5. The van der Waals surface area contributed by atoms with Crippen LogP contribution < -0.4 is 5.32 Å². The van der Waals surface area contributed by atoms with E-state index in [0.717, 1.165) is 32.1 Å². The van der Waals surface area contributed by atoms with Crippen LogP contribution in [0.15, 0.2) is 12.2 Å². The number of nitrogens with one attached hydrogen (secondary N) is 1. The van der Waals surface area contributed by atoms with Crippen LogP contribution in [0, 0.1) is 0 Å². The lowest BCUT2D eigenvalue weighted by Gasteiger charge is -2.23. The van der Waals surface area contributed by atoms with Gasteiger partial charge in [0, 0.05) is 0 Å². The lowest BCUT2D eigenvalue weighted by Crippen LogP contribution is -2.49. The number of amides is 1. The van der Waals surface area contributed by atoms with Crippen molar-refractivity contribution in [2.24, 2.45) is 0 Å². The Kier molecular flexibility index (Phi) is 47.0. The maximum absolute atomic E-state index is 12.5. The van der Waals surface area contributed by atoms with E-state index in [4.69, 9.17) is 0 Å². The summed E-state index contributed by atoms with van der Waals surface area (Å²) >= 11 is 0. The number of rotatable bonds is 48. The highest BCUT2D eigenvalue weighted by molar-refractivity contribution is 5.80. The molecule has 0 saturated heterocycles. The van der Waals surface area contributed by atoms with Gasteiger partial charge >= 0.3 is 0 Å². The second-order valence-corrected chi connectivity index (χ2v) is 18.1. The van der Waals surface area contributed by atoms with Gasteiger partial charge in [-0.2, -0.15) is 0 Å². The second-order valence-electron chi connectivity index (χ2n) is 18.1. The van der Waals surface area contributed by atoms with Crippen molar-refractivity contribution >= 4 is 5.91 Å². The first-order valence-corrected chi connectivity index (χ1v) is 26.0. The van der Waals surface area contributed by atoms with E-state index in [0.29, 0.717) is 12.8 Å². The number of hydrogen-bond donors (Lipinski definition) is 4. The quantitative estimate of drug-likeness (QED) is 0.0364. The number of carbonyl (C=O) groups is 1. The van der Waals surface area contributed by atoms with E-state index in [1.807, 2.05) is 0 Å². The molecule has 4 N–H and O–H groups in total. The first kappa shape index (κ1) is 56.1. The minimum Gasteiger partial charge on any atom is -0.394 e. The third-order valence-electron chi connectivity index (χ3n) is 12.4. The molecule has 1 amide bonds. The van der Waals surface area contributed by atoms with Crippen molar-refractivity contribution in [2.75, 3.05) is 6.61 Å². The fourth-order valence-electron chi connectivity index (χ4n) is 8.31. The third kappa shape index (κ3) is 43.0. The summed E-state index contributed by atoms with van der Waals surface area (Å²) in [5.41, 5.74) is 0. The van der Waals surface area contributed by atoms with Gasteiger partial charge in [-0.15, -0.1) is 0 Å². The first-order chi connectivity index (χ1) is 28.1. The molecular formula is C52H103NO4. The van der Waals surface area contributed by atoms with E-state index in [1.165, 1.54) is 231 Å². The van der Waals surface area contributed by atoms with Gasteiger partial charge in [-0.25, -0.2) is 0 Å². The molecule has 57 heavy (non-hydrogen) atoms. The number of aliphatic hydroxyl groups is 3. The van der Waals surface area contributed by atoms with Crippen molar-refractivity contribution in [3.63, 3.8) is 0 Å². The molecule has 0 aliphatic carbocycles. The van der Waals surface area contributed by atoms with Crippen molar-refractivity contribution in [1.82, 2.24) is 5.32 Å². The second kappa shape index (κ2) is 47.8. The van der Waals surface area contributed by atoms with Crippen LogP contribution in [-0.4, -0.2) is 46.1 Å². The van der Waals surface area contributed by atoms with Crippen LogP contribution in [0.5, 0.6) is 0 Å². The van der Waals surface area contributed by atoms with Crippen molar-refractivity contribution < 1.29 is 20.1 Å². The molecule has 0 heterocycles. The van der Waals surface area contributed by atoms with Gasteiger partial charge in [0.1, 0.15) is 6.10 Å². The zero-order chi connectivity index (χ0) is 41.5. The molecule has 0 bridgehead atoms. The van der Waals surface area contributed by atoms with Crippen LogP contribution in [0.3, 0.4) is 0 Å². The fourth-order valence-corrected chi connectivity index (χ4v) is 8.31. The Labute approximate surface area is 357 Å². The molecule has 0 fully saturated rings. The number of aliphatic hydroxyl groups excluding tert-OH is 3. The lowest BCUT2D eigenvalue weighted by molar-refractivity contribution is -0.131. The van der Waals surface area contributed by atoms with Crippen molar-refractivity contribution in [2.45, 2.75) is 308 Å². The molecular weight excluding hydrogens is 703 g/mol. The Hall–Kier alpha value is -0.910. The van der Waals surface area contributed by atoms with Crippen LogP contribution in [0.4, 0.5) is 0 Å². The van der Waals surface area contributed by atoms with Gasteiger partial charge in [-0.3, -0.25) is 4.79 Å². The average Bonchev–Trinajstić information content (AvgIpc) is 3.22. The van der Waals surface area contributed by atoms with E-state index < -0.39 is 24.2 Å². The van der Waals surface area contributed by atoms with Gasteiger partial charge in [0.05, 0.1) is 18.8 Å². The molecule has 5 heteroatoms. The molecule has 3 unspecified atom stereocenters. The van der Waals surface area contributed by atoms with Gasteiger partial charge < -0.3 is 20.6 Å². The highest BCUT2D eigenvalue weighted by atomic mass is 16.3. The predicted molar refractivity (Wildman–Crippen MR) is 250 cm³/mol. The number of unbranched alkanes of at least 4 members (excludes halogenated alkanes) is 38. The minimum atomic E-state index is -1.07. The van der Waals surface area contributed by atoms with Crippen LogP contribution >= 0.6 is 0 Å². The first-order valence-electron chi connectivity index (χ1n) is 26.0. The Morgan fingerprint density at radius 1 is 0.404 bits per heavy atom. The zero-order valence-electron chi connectivity index (χ0n) is 38.7. The number of hydrogen-bond acceptors (Lipinski definition) is 4. The highest BCUT2D eigenvalue weighted by Crippen LogP contribution is 2.17. The number of allylic oxidation sites excluding steroid dienone is 2. The van der Waals surface area contributed by atoms with E-state index in [2.05, 4.69) is 31.3 Å². The summed E-state index contributed by atoms with van der Waals surface area (Å²) in [5, 5.41) is 33.4. The fraction of sp³-hybridized carbons (Fsp3) is 0.942. The molecule has 0 aromatic heterocycles. The van der Waals surface area contributed by atoms with Crippen molar-refractivity contribution in [3.8, 4) is 0 Å². The Morgan fingerprint density at radius 2 is 0.667 bits per heavy atom. The van der Waals surface area contributed by atoms with E-state index >= 15 is 0 Å². The summed E-state index contributed by atoms with van der Waals surface area (Å²) in [5.74, 6) is -0.467. The van der Waals surface area contributed by atoms with E-state index in [-0.39, 0.29) is 6.61 Å². The van der Waals surface area contributed by atoms with Crippen LogP contribution in [0.1, 0.15) is 290 Å². The van der Waals surface area contributed by atoms with Crippen LogP contribution in [0.2, 0.25) is 0 Å². The smallest absolute Gasteiger partial charge is 0.249 e. The Bertz CT molecular complexity index is 803. The van der Waals surface area contributed by atoms with E-state index in [9.17, 15) is 20.1 Å². The van der Waals surface area contributed by atoms with Crippen LogP contribution in [0.25, 0.3) is 0 Å². The van der Waals surface area contributed by atoms with Crippen LogP contribution in [-0.2, 0) is 4.79 Å². The topological polar surface area (TPSA) is 89.8 Å². The lowest BCUT2D eigenvalue weighted by atomic mass is 10.0. The molecule has 0 aromatic rings. The summed E-state index contributed by atoms with van der Waals surface area (Å²) in [6, 6.07) is -0.708. The molecule has 340 valence electrons. The summed E-state index contributed by atoms with van der Waals surface area (Å²) < 4.78 is 0. The summed E-state index contributed by atoms with van der Waals surface area (Å²) in [6.07, 6.45) is 58.2. The van der Waals surface area contributed by atoms with Gasteiger partial charge in [0.2, 0.25) is 5.91 Å². The van der Waals surface area contributed by atoms with Gasteiger partial charge in [0.25, 0.3) is 0 Å². The largest absolute Gasteiger partial charge is 0.394 e.